The number of amides is 1. The first-order valence-corrected chi connectivity index (χ1v) is 8.78. The summed E-state index contributed by atoms with van der Waals surface area (Å²) in [6.45, 7) is -0.427. The van der Waals surface area contributed by atoms with Gasteiger partial charge in [-0.2, -0.15) is 13.2 Å². The molecule has 2 aromatic carbocycles. The molecule has 0 bridgehead atoms. The molecular weight excluding hydrogens is 355 g/mol. The number of nitrogens with zero attached hydrogens (tertiary/aromatic N) is 2. The minimum Gasteiger partial charge on any atom is -0.345 e. The Morgan fingerprint density at radius 3 is 2.37 bits per heavy atom. The van der Waals surface area contributed by atoms with E-state index in [1.807, 2.05) is 30.3 Å². The van der Waals surface area contributed by atoms with Crippen LogP contribution in [0.5, 0.6) is 0 Å². The number of nitrogens with one attached hydrogen (secondary N) is 1. The van der Waals surface area contributed by atoms with E-state index in [1.165, 1.54) is 6.07 Å². The maximum atomic E-state index is 13.4. The number of aromatic nitrogens is 2. The van der Waals surface area contributed by atoms with Crippen LogP contribution < -0.4 is 5.32 Å². The SMILES string of the molecule is O=C(Cn1c(C(F)(F)F)nc2ccccc21)NC1(c2ccccc2)CCC1. The number of rotatable bonds is 4. The molecule has 140 valence electrons. The van der Waals surface area contributed by atoms with Crippen molar-refractivity contribution in [3.8, 4) is 0 Å². The summed E-state index contributed by atoms with van der Waals surface area (Å²) in [4.78, 5) is 16.4. The first kappa shape index (κ1) is 17.6. The summed E-state index contributed by atoms with van der Waals surface area (Å²) in [5.41, 5.74) is 1.00. The van der Waals surface area contributed by atoms with Crippen LogP contribution in [0.2, 0.25) is 0 Å². The Bertz CT molecular complexity index is 975. The van der Waals surface area contributed by atoms with E-state index >= 15 is 0 Å². The van der Waals surface area contributed by atoms with E-state index in [0.29, 0.717) is 5.52 Å². The molecule has 1 aromatic heterocycles. The Hall–Kier alpha value is -2.83. The molecule has 1 aliphatic rings. The molecule has 0 saturated heterocycles. The van der Waals surface area contributed by atoms with E-state index in [1.54, 1.807) is 18.2 Å². The maximum Gasteiger partial charge on any atom is 0.449 e. The zero-order valence-electron chi connectivity index (χ0n) is 14.5. The molecule has 1 N–H and O–H groups in total. The molecule has 0 spiro atoms. The van der Waals surface area contributed by atoms with Crippen LogP contribution in [0.25, 0.3) is 11.0 Å². The van der Waals surface area contributed by atoms with Crippen LogP contribution in [-0.2, 0) is 23.1 Å². The van der Waals surface area contributed by atoms with Gasteiger partial charge < -0.3 is 9.88 Å². The minimum absolute atomic E-state index is 0.221. The summed E-state index contributed by atoms with van der Waals surface area (Å²) in [6.07, 6.45) is -2.11. The van der Waals surface area contributed by atoms with Crippen molar-refractivity contribution < 1.29 is 18.0 Å². The van der Waals surface area contributed by atoms with Gasteiger partial charge in [-0.05, 0) is 37.0 Å². The van der Waals surface area contributed by atoms with E-state index in [-0.39, 0.29) is 5.52 Å². The van der Waals surface area contributed by atoms with Crippen LogP contribution >= 0.6 is 0 Å². The van der Waals surface area contributed by atoms with Crippen LogP contribution in [0.4, 0.5) is 13.2 Å². The van der Waals surface area contributed by atoms with Gasteiger partial charge in [-0.25, -0.2) is 4.98 Å². The lowest BCUT2D eigenvalue weighted by Gasteiger charge is -2.43. The van der Waals surface area contributed by atoms with E-state index in [4.69, 9.17) is 0 Å². The summed E-state index contributed by atoms with van der Waals surface area (Å²) in [5.74, 6) is -1.51. The average Bonchev–Trinajstić information content (AvgIpc) is 2.98. The highest BCUT2D eigenvalue weighted by atomic mass is 19.4. The Morgan fingerprint density at radius 2 is 1.74 bits per heavy atom. The van der Waals surface area contributed by atoms with Crippen LogP contribution in [0.15, 0.2) is 54.6 Å². The number of alkyl halides is 3. The number of carbonyl (C=O) groups excluding carboxylic acids is 1. The summed E-state index contributed by atoms with van der Waals surface area (Å²) in [6, 6.07) is 15.9. The summed E-state index contributed by atoms with van der Waals surface area (Å²) in [7, 11) is 0. The van der Waals surface area contributed by atoms with Gasteiger partial charge in [0.1, 0.15) is 6.54 Å². The molecule has 0 aliphatic heterocycles. The molecule has 1 amide bonds. The van der Waals surface area contributed by atoms with Gasteiger partial charge in [-0.15, -0.1) is 0 Å². The van der Waals surface area contributed by atoms with Gasteiger partial charge in [-0.3, -0.25) is 4.79 Å². The second kappa shape index (κ2) is 6.40. The highest BCUT2D eigenvalue weighted by Gasteiger charge is 2.41. The van der Waals surface area contributed by atoms with Gasteiger partial charge in [0, 0.05) is 0 Å². The predicted octanol–water partition coefficient (Wildman–Crippen LogP) is 4.25. The van der Waals surface area contributed by atoms with Gasteiger partial charge in [0.05, 0.1) is 16.6 Å². The molecule has 1 heterocycles. The Labute approximate surface area is 154 Å². The molecule has 1 saturated carbocycles. The van der Waals surface area contributed by atoms with Gasteiger partial charge >= 0.3 is 6.18 Å². The van der Waals surface area contributed by atoms with Crippen molar-refractivity contribution in [2.45, 2.75) is 37.5 Å². The molecule has 0 atom stereocenters. The van der Waals surface area contributed by atoms with Crippen molar-refractivity contribution >= 4 is 16.9 Å². The van der Waals surface area contributed by atoms with Crippen LogP contribution in [0, 0.1) is 0 Å². The molecule has 3 aromatic rings. The van der Waals surface area contributed by atoms with Gasteiger partial charge in [0.2, 0.25) is 11.7 Å². The standard InChI is InChI=1S/C20H18F3N3O/c21-20(22,23)18-24-15-9-4-5-10-16(15)26(18)13-17(27)25-19(11-6-12-19)14-7-2-1-3-8-14/h1-5,7-10H,6,11-13H2,(H,25,27). The quantitative estimate of drug-likeness (QED) is 0.743. The summed E-state index contributed by atoms with van der Waals surface area (Å²) >= 11 is 0. The number of hydrogen-bond donors (Lipinski definition) is 1. The minimum atomic E-state index is -4.63. The topological polar surface area (TPSA) is 46.9 Å². The molecule has 0 unspecified atom stereocenters. The second-order valence-corrected chi connectivity index (χ2v) is 6.86. The summed E-state index contributed by atoms with van der Waals surface area (Å²) < 4.78 is 41.2. The Balaban J connectivity index is 1.64. The van der Waals surface area contributed by atoms with Gasteiger partial charge in [0.25, 0.3) is 0 Å². The fraction of sp³-hybridized carbons (Fsp3) is 0.300. The van der Waals surface area contributed by atoms with Crippen molar-refractivity contribution in [2.75, 3.05) is 0 Å². The molecule has 7 heteroatoms. The zero-order valence-corrected chi connectivity index (χ0v) is 14.5. The lowest BCUT2D eigenvalue weighted by atomic mass is 9.72. The molecule has 4 rings (SSSR count). The smallest absolute Gasteiger partial charge is 0.345 e. The van der Waals surface area contributed by atoms with Crippen LogP contribution in [0.1, 0.15) is 30.7 Å². The number of imidazole rings is 1. The van der Waals surface area contributed by atoms with Crippen molar-refractivity contribution in [1.82, 2.24) is 14.9 Å². The maximum absolute atomic E-state index is 13.4. The normalized spacial score (nSPS) is 16.1. The molecular formula is C20H18F3N3O. The highest BCUT2D eigenvalue weighted by molar-refractivity contribution is 5.82. The Kier molecular flexibility index (Phi) is 4.17. The molecule has 0 radical (unpaired) electrons. The number of para-hydroxylation sites is 2. The average molecular weight is 373 g/mol. The second-order valence-electron chi connectivity index (χ2n) is 6.86. The largest absolute Gasteiger partial charge is 0.449 e. The van der Waals surface area contributed by atoms with Crippen LogP contribution in [-0.4, -0.2) is 15.5 Å². The van der Waals surface area contributed by atoms with Crippen molar-refractivity contribution in [3.05, 3.63) is 66.0 Å². The monoisotopic (exact) mass is 373 g/mol. The molecule has 1 fully saturated rings. The van der Waals surface area contributed by atoms with Gasteiger partial charge in [-0.1, -0.05) is 42.5 Å². The van der Waals surface area contributed by atoms with Crippen molar-refractivity contribution in [3.63, 3.8) is 0 Å². The number of fused-ring (bicyclic) bond motifs is 1. The lowest BCUT2D eigenvalue weighted by molar-refractivity contribution is -0.147. The van der Waals surface area contributed by atoms with Crippen LogP contribution in [0.3, 0.4) is 0 Å². The number of carbonyl (C=O) groups is 1. The van der Waals surface area contributed by atoms with Crippen molar-refractivity contribution in [1.29, 1.82) is 0 Å². The number of benzene rings is 2. The fourth-order valence-corrected chi connectivity index (χ4v) is 3.68. The molecule has 4 nitrogen and oxygen atoms in total. The number of halogens is 3. The molecule has 1 aliphatic carbocycles. The van der Waals surface area contributed by atoms with E-state index < -0.39 is 30.0 Å². The molecule has 27 heavy (non-hydrogen) atoms. The third-order valence-corrected chi connectivity index (χ3v) is 5.12. The van der Waals surface area contributed by atoms with Gasteiger partial charge in [0.15, 0.2) is 0 Å². The lowest BCUT2D eigenvalue weighted by Crippen LogP contribution is -2.51. The zero-order chi connectivity index (χ0) is 19.1. The van der Waals surface area contributed by atoms with E-state index in [2.05, 4.69) is 10.3 Å². The third kappa shape index (κ3) is 3.18. The highest BCUT2D eigenvalue weighted by Crippen LogP contribution is 2.41. The number of hydrogen-bond acceptors (Lipinski definition) is 2. The van der Waals surface area contributed by atoms with E-state index in [9.17, 15) is 18.0 Å². The fourth-order valence-electron chi connectivity index (χ4n) is 3.68. The van der Waals surface area contributed by atoms with Crippen molar-refractivity contribution in [2.24, 2.45) is 0 Å². The Morgan fingerprint density at radius 1 is 1.07 bits per heavy atom. The summed E-state index contributed by atoms with van der Waals surface area (Å²) in [5, 5.41) is 2.97. The first-order chi connectivity index (χ1) is 12.9. The third-order valence-electron chi connectivity index (χ3n) is 5.12. The van der Waals surface area contributed by atoms with E-state index in [0.717, 1.165) is 29.4 Å². The predicted molar refractivity (Wildman–Crippen MR) is 94.8 cm³/mol. The first-order valence-electron chi connectivity index (χ1n) is 8.78.